The Kier molecular flexibility index (Phi) is 6.78. The van der Waals surface area contributed by atoms with Crippen LogP contribution in [-0.2, 0) is 11.3 Å². The van der Waals surface area contributed by atoms with E-state index in [0.717, 1.165) is 70.3 Å². The molecule has 26 heavy (non-hydrogen) atoms. The summed E-state index contributed by atoms with van der Waals surface area (Å²) in [6, 6.07) is 8.85. The first kappa shape index (κ1) is 19.0. The number of hydrogen-bond donors (Lipinski definition) is 1. The molecule has 2 atom stereocenters. The summed E-state index contributed by atoms with van der Waals surface area (Å²) in [4.78, 5) is 9.74. The number of benzene rings is 1. The summed E-state index contributed by atoms with van der Waals surface area (Å²) in [7, 11) is 0. The zero-order chi connectivity index (χ0) is 18.4. The fraction of sp³-hybridized carbons (Fsp3) is 0.667. The van der Waals surface area contributed by atoms with Crippen molar-refractivity contribution < 1.29 is 4.74 Å². The molecule has 3 rings (SSSR count). The molecule has 5 nitrogen and oxygen atoms in total. The maximum Gasteiger partial charge on any atom is 0.194 e. The Balaban J connectivity index is 1.63. The van der Waals surface area contributed by atoms with Crippen molar-refractivity contribution in [1.29, 1.82) is 0 Å². The van der Waals surface area contributed by atoms with Gasteiger partial charge in [-0.2, -0.15) is 0 Å². The van der Waals surface area contributed by atoms with Crippen LogP contribution >= 0.6 is 0 Å². The van der Waals surface area contributed by atoms with Gasteiger partial charge in [-0.25, -0.2) is 4.99 Å². The third-order valence-corrected chi connectivity index (χ3v) is 5.23. The Morgan fingerprint density at radius 2 is 1.77 bits per heavy atom. The number of morpholine rings is 1. The van der Waals surface area contributed by atoms with Gasteiger partial charge in [-0.05, 0) is 42.9 Å². The Hall–Kier alpha value is -1.75. The largest absolute Gasteiger partial charge is 0.378 e. The first-order chi connectivity index (χ1) is 12.7. The molecular formula is C21H34N4O. The molecule has 0 aliphatic carbocycles. The lowest BCUT2D eigenvalue weighted by atomic mass is 9.92. The smallest absolute Gasteiger partial charge is 0.194 e. The second-order valence-corrected chi connectivity index (χ2v) is 7.79. The van der Waals surface area contributed by atoms with Gasteiger partial charge in [0, 0.05) is 38.4 Å². The van der Waals surface area contributed by atoms with Crippen molar-refractivity contribution in [2.45, 2.75) is 33.7 Å². The molecule has 0 spiro atoms. The van der Waals surface area contributed by atoms with Gasteiger partial charge in [0.05, 0.1) is 19.8 Å². The van der Waals surface area contributed by atoms with Gasteiger partial charge in [0.15, 0.2) is 5.96 Å². The predicted molar refractivity (Wildman–Crippen MR) is 109 cm³/mol. The number of piperidine rings is 1. The number of aliphatic imine (C=N–C) groups is 1. The lowest BCUT2D eigenvalue weighted by Crippen LogP contribution is -2.48. The number of nitrogens with zero attached hydrogens (tertiary/aromatic N) is 3. The fourth-order valence-electron chi connectivity index (χ4n) is 4.06. The van der Waals surface area contributed by atoms with E-state index >= 15 is 0 Å². The summed E-state index contributed by atoms with van der Waals surface area (Å²) in [5, 5.41) is 3.48. The monoisotopic (exact) mass is 358 g/mol. The maximum atomic E-state index is 5.43. The molecule has 1 aromatic rings. The van der Waals surface area contributed by atoms with E-state index in [9.17, 15) is 0 Å². The number of anilines is 1. The van der Waals surface area contributed by atoms with Crippen molar-refractivity contribution in [3.63, 3.8) is 0 Å². The molecule has 1 aromatic carbocycles. The molecule has 2 aliphatic rings. The Morgan fingerprint density at radius 1 is 1.12 bits per heavy atom. The minimum Gasteiger partial charge on any atom is -0.378 e. The summed E-state index contributed by atoms with van der Waals surface area (Å²) >= 11 is 0. The quantitative estimate of drug-likeness (QED) is 0.664. The number of likely N-dealkylation sites (tertiary alicyclic amines) is 1. The average molecular weight is 359 g/mol. The second-order valence-electron chi connectivity index (χ2n) is 7.79. The maximum absolute atomic E-state index is 5.43. The van der Waals surface area contributed by atoms with E-state index < -0.39 is 0 Å². The minimum absolute atomic E-state index is 0.727. The van der Waals surface area contributed by atoms with Gasteiger partial charge in [0.25, 0.3) is 0 Å². The minimum atomic E-state index is 0.727. The molecule has 1 N–H and O–H groups in total. The van der Waals surface area contributed by atoms with Gasteiger partial charge >= 0.3 is 0 Å². The molecular weight excluding hydrogens is 324 g/mol. The molecule has 2 saturated heterocycles. The number of rotatable bonds is 4. The van der Waals surface area contributed by atoms with E-state index in [2.05, 4.69) is 60.2 Å². The first-order valence-electron chi connectivity index (χ1n) is 10.1. The zero-order valence-corrected chi connectivity index (χ0v) is 16.6. The molecule has 2 aliphatic heterocycles. The zero-order valence-electron chi connectivity index (χ0n) is 16.6. The van der Waals surface area contributed by atoms with Gasteiger partial charge in [-0.15, -0.1) is 0 Å². The molecule has 144 valence electrons. The van der Waals surface area contributed by atoms with Crippen LogP contribution in [0.15, 0.2) is 29.3 Å². The molecule has 0 bridgehead atoms. The Labute approximate surface area is 158 Å². The lowest BCUT2D eigenvalue weighted by Gasteiger charge is -2.37. The predicted octanol–water partition coefficient (Wildman–Crippen LogP) is 2.97. The van der Waals surface area contributed by atoms with Crippen molar-refractivity contribution >= 4 is 11.6 Å². The summed E-state index contributed by atoms with van der Waals surface area (Å²) < 4.78 is 5.43. The van der Waals surface area contributed by atoms with Crippen LogP contribution in [0.2, 0.25) is 0 Å². The van der Waals surface area contributed by atoms with Gasteiger partial charge in [-0.3, -0.25) is 0 Å². The van der Waals surface area contributed by atoms with Crippen LogP contribution in [0, 0.1) is 11.8 Å². The molecule has 2 heterocycles. The summed E-state index contributed by atoms with van der Waals surface area (Å²) in [6.45, 7) is 14.3. The normalized spacial score (nSPS) is 24.7. The van der Waals surface area contributed by atoms with E-state index in [1.165, 1.54) is 17.7 Å². The number of ether oxygens (including phenoxy) is 1. The highest BCUT2D eigenvalue weighted by Gasteiger charge is 2.23. The Bertz CT molecular complexity index is 570. The summed E-state index contributed by atoms with van der Waals surface area (Å²) in [5.41, 5.74) is 2.54. The van der Waals surface area contributed by atoms with Gasteiger partial charge in [-0.1, -0.05) is 26.0 Å². The van der Waals surface area contributed by atoms with Crippen molar-refractivity contribution in [3.05, 3.63) is 29.8 Å². The van der Waals surface area contributed by atoms with Gasteiger partial charge in [0.1, 0.15) is 0 Å². The van der Waals surface area contributed by atoms with Crippen molar-refractivity contribution in [2.24, 2.45) is 16.8 Å². The van der Waals surface area contributed by atoms with Crippen LogP contribution in [0.1, 0.15) is 32.8 Å². The fourth-order valence-corrected chi connectivity index (χ4v) is 4.06. The molecule has 0 saturated carbocycles. The standard InChI is InChI=1S/C21H34N4O/c1-4-22-21(25-15-17(2)13-18(3)16-25)23-14-19-5-7-20(8-6-19)24-9-11-26-12-10-24/h5-8,17-18H,4,9-16H2,1-3H3,(H,22,23). The molecule has 5 heteroatoms. The van der Waals surface area contributed by atoms with Crippen LogP contribution in [0.25, 0.3) is 0 Å². The van der Waals surface area contributed by atoms with Gasteiger partial charge < -0.3 is 19.9 Å². The van der Waals surface area contributed by atoms with Crippen molar-refractivity contribution in [3.8, 4) is 0 Å². The van der Waals surface area contributed by atoms with Crippen LogP contribution < -0.4 is 10.2 Å². The third-order valence-electron chi connectivity index (χ3n) is 5.23. The van der Waals surface area contributed by atoms with Crippen LogP contribution in [0.4, 0.5) is 5.69 Å². The van der Waals surface area contributed by atoms with E-state index in [1.807, 2.05) is 0 Å². The molecule has 0 radical (unpaired) electrons. The van der Waals surface area contributed by atoms with E-state index in [4.69, 9.17) is 9.73 Å². The second kappa shape index (κ2) is 9.26. The molecule has 0 aromatic heterocycles. The van der Waals surface area contributed by atoms with Crippen molar-refractivity contribution in [2.75, 3.05) is 50.8 Å². The topological polar surface area (TPSA) is 40.1 Å². The molecule has 2 fully saturated rings. The number of guanidine groups is 1. The van der Waals surface area contributed by atoms with E-state index in [1.54, 1.807) is 0 Å². The SMILES string of the molecule is CCNC(=NCc1ccc(N2CCOCC2)cc1)N1CC(C)CC(C)C1. The van der Waals surface area contributed by atoms with E-state index in [-0.39, 0.29) is 0 Å². The third kappa shape index (κ3) is 5.13. The van der Waals surface area contributed by atoms with Crippen LogP contribution in [0.5, 0.6) is 0 Å². The average Bonchev–Trinajstić information content (AvgIpc) is 2.65. The first-order valence-corrected chi connectivity index (χ1v) is 10.1. The Morgan fingerprint density at radius 3 is 2.38 bits per heavy atom. The number of hydrogen-bond acceptors (Lipinski definition) is 3. The highest BCUT2D eigenvalue weighted by molar-refractivity contribution is 5.80. The van der Waals surface area contributed by atoms with Crippen LogP contribution in [-0.4, -0.2) is 56.8 Å². The summed E-state index contributed by atoms with van der Waals surface area (Å²) in [6.07, 6.45) is 1.32. The highest BCUT2D eigenvalue weighted by atomic mass is 16.5. The lowest BCUT2D eigenvalue weighted by molar-refractivity contribution is 0.122. The summed E-state index contributed by atoms with van der Waals surface area (Å²) in [5.74, 6) is 2.52. The van der Waals surface area contributed by atoms with Crippen molar-refractivity contribution in [1.82, 2.24) is 10.2 Å². The number of nitrogens with one attached hydrogen (secondary N) is 1. The van der Waals surface area contributed by atoms with Crippen LogP contribution in [0.3, 0.4) is 0 Å². The van der Waals surface area contributed by atoms with Gasteiger partial charge in [0.2, 0.25) is 0 Å². The highest BCUT2D eigenvalue weighted by Crippen LogP contribution is 2.21. The molecule has 0 amide bonds. The van der Waals surface area contributed by atoms with E-state index in [0.29, 0.717) is 0 Å². The molecule has 2 unspecified atom stereocenters.